The van der Waals surface area contributed by atoms with E-state index in [9.17, 15) is 4.79 Å². The molecule has 1 heteroatoms. The van der Waals surface area contributed by atoms with Gasteiger partial charge in [0.15, 0.2) is 5.78 Å². The first-order chi connectivity index (χ1) is 10.1. The molecule has 1 nitrogen and oxygen atoms in total. The zero-order valence-electron chi connectivity index (χ0n) is 14.7. The van der Waals surface area contributed by atoms with Crippen molar-refractivity contribution in [3.63, 3.8) is 0 Å². The zero-order chi connectivity index (χ0) is 16.5. The summed E-state index contributed by atoms with van der Waals surface area (Å²) < 4.78 is 0. The van der Waals surface area contributed by atoms with E-state index in [0.717, 1.165) is 5.56 Å². The summed E-state index contributed by atoms with van der Waals surface area (Å²) in [6.45, 7) is 13.5. The van der Waals surface area contributed by atoms with Crippen LogP contribution in [0.3, 0.4) is 0 Å². The van der Waals surface area contributed by atoms with E-state index in [2.05, 4.69) is 53.7 Å². The monoisotopic (exact) mass is 296 g/mol. The third-order valence-corrected chi connectivity index (χ3v) is 4.35. The predicted molar refractivity (Wildman–Crippen MR) is 94.0 cm³/mol. The van der Waals surface area contributed by atoms with Crippen molar-refractivity contribution in [1.82, 2.24) is 0 Å². The fourth-order valence-corrected chi connectivity index (χ4v) is 2.97. The molecule has 1 aliphatic rings. The summed E-state index contributed by atoms with van der Waals surface area (Å²) in [5.41, 5.74) is 3.67. The van der Waals surface area contributed by atoms with Crippen molar-refractivity contribution >= 4 is 5.78 Å². The van der Waals surface area contributed by atoms with Gasteiger partial charge in [-0.15, -0.1) is 0 Å². The van der Waals surface area contributed by atoms with Crippen LogP contribution >= 0.6 is 0 Å². The minimum atomic E-state index is 0.126. The molecule has 118 valence electrons. The van der Waals surface area contributed by atoms with Crippen LogP contribution < -0.4 is 0 Å². The van der Waals surface area contributed by atoms with Gasteiger partial charge in [-0.2, -0.15) is 0 Å². The van der Waals surface area contributed by atoms with Gasteiger partial charge in [-0.3, -0.25) is 4.79 Å². The van der Waals surface area contributed by atoms with Crippen LogP contribution in [-0.2, 0) is 0 Å². The summed E-state index contributed by atoms with van der Waals surface area (Å²) in [5.74, 6) is 0.555. The van der Waals surface area contributed by atoms with Gasteiger partial charge in [-0.25, -0.2) is 0 Å². The lowest BCUT2D eigenvalue weighted by Gasteiger charge is -2.28. The maximum Gasteiger partial charge on any atom is 0.166 e. The van der Waals surface area contributed by atoms with E-state index in [4.69, 9.17) is 0 Å². The molecule has 1 atom stereocenters. The Morgan fingerprint density at radius 2 is 1.59 bits per heavy atom. The van der Waals surface area contributed by atoms with Crippen LogP contribution in [0.1, 0.15) is 58.3 Å². The van der Waals surface area contributed by atoms with Gasteiger partial charge in [-0.1, -0.05) is 89.6 Å². The molecule has 0 bridgehead atoms. The normalized spacial score (nSPS) is 18.9. The molecule has 0 saturated heterocycles. The number of ketones is 1. The lowest BCUT2D eigenvalue weighted by Crippen LogP contribution is -2.20. The number of benzene rings is 1. The van der Waals surface area contributed by atoms with Crippen LogP contribution in [0.15, 0.2) is 53.6 Å². The third kappa shape index (κ3) is 3.76. The number of carbonyl (C=O) groups excluding carboxylic acids is 1. The molecule has 22 heavy (non-hydrogen) atoms. The summed E-state index contributed by atoms with van der Waals surface area (Å²) in [6.07, 6.45) is 5.15. The first kappa shape index (κ1) is 16.7. The fraction of sp³-hybridized carbons (Fsp3) is 0.476. The Bertz CT molecular complexity index is 604. The van der Waals surface area contributed by atoms with E-state index in [1.54, 1.807) is 0 Å². The Morgan fingerprint density at radius 1 is 1.00 bits per heavy atom. The van der Waals surface area contributed by atoms with Crippen molar-refractivity contribution in [1.29, 1.82) is 0 Å². The van der Waals surface area contributed by atoms with Gasteiger partial charge in [0, 0.05) is 17.9 Å². The summed E-state index contributed by atoms with van der Waals surface area (Å²) >= 11 is 0. The molecule has 0 aromatic heterocycles. The van der Waals surface area contributed by atoms with Gasteiger partial charge >= 0.3 is 0 Å². The SMILES string of the molecule is CC(C)(C)C1=CC(C(C)(C)C)C(CC(=O)c2ccccc2)=C1. The Hall–Kier alpha value is -1.63. The van der Waals surface area contributed by atoms with Crippen molar-refractivity contribution in [2.75, 3.05) is 0 Å². The minimum absolute atomic E-state index is 0.126. The molecule has 0 heterocycles. The Labute approximate surface area is 135 Å². The number of rotatable bonds is 3. The van der Waals surface area contributed by atoms with Crippen LogP contribution in [0.4, 0.5) is 0 Å². The molecular formula is C21H28O. The molecule has 1 aromatic rings. The second kappa shape index (κ2) is 5.87. The maximum absolute atomic E-state index is 12.6. The highest BCUT2D eigenvalue weighted by molar-refractivity contribution is 5.97. The summed E-state index contributed by atoms with van der Waals surface area (Å²) in [6, 6.07) is 9.61. The minimum Gasteiger partial charge on any atom is -0.294 e. The van der Waals surface area contributed by atoms with Crippen LogP contribution in [0.5, 0.6) is 0 Å². The highest BCUT2D eigenvalue weighted by Crippen LogP contribution is 2.44. The predicted octanol–water partition coefficient (Wildman–Crippen LogP) is 5.83. The first-order valence-corrected chi connectivity index (χ1v) is 8.10. The molecular weight excluding hydrogens is 268 g/mol. The Balaban J connectivity index is 2.27. The molecule has 1 aliphatic carbocycles. The van der Waals surface area contributed by atoms with E-state index in [-0.39, 0.29) is 16.6 Å². The number of Topliss-reactive ketones (excluding diaryl/α,β-unsaturated/α-hetero) is 1. The molecule has 0 aliphatic heterocycles. The molecule has 0 amide bonds. The number of allylic oxidation sites excluding steroid dienone is 4. The second-order valence-electron chi connectivity index (χ2n) is 8.40. The van der Waals surface area contributed by atoms with Gasteiger partial charge in [0.05, 0.1) is 0 Å². The number of hydrogen-bond acceptors (Lipinski definition) is 1. The topological polar surface area (TPSA) is 17.1 Å². The smallest absolute Gasteiger partial charge is 0.166 e. The molecule has 2 rings (SSSR count). The van der Waals surface area contributed by atoms with Crippen LogP contribution in [0.2, 0.25) is 0 Å². The van der Waals surface area contributed by atoms with Crippen LogP contribution in [0.25, 0.3) is 0 Å². The van der Waals surface area contributed by atoms with Crippen LogP contribution in [-0.4, -0.2) is 5.78 Å². The van der Waals surface area contributed by atoms with Crippen molar-refractivity contribution in [3.05, 3.63) is 59.2 Å². The Morgan fingerprint density at radius 3 is 2.09 bits per heavy atom. The van der Waals surface area contributed by atoms with E-state index in [1.807, 2.05) is 30.3 Å². The third-order valence-electron chi connectivity index (χ3n) is 4.35. The van der Waals surface area contributed by atoms with Gasteiger partial charge < -0.3 is 0 Å². The largest absolute Gasteiger partial charge is 0.294 e. The second-order valence-corrected chi connectivity index (χ2v) is 8.40. The van der Waals surface area contributed by atoms with Gasteiger partial charge in [0.2, 0.25) is 0 Å². The average Bonchev–Trinajstić information content (AvgIpc) is 2.83. The van der Waals surface area contributed by atoms with Crippen molar-refractivity contribution in [3.8, 4) is 0 Å². The summed E-state index contributed by atoms with van der Waals surface area (Å²) in [5, 5.41) is 0. The van der Waals surface area contributed by atoms with Crippen molar-refractivity contribution in [2.24, 2.45) is 16.7 Å². The molecule has 0 N–H and O–H groups in total. The first-order valence-electron chi connectivity index (χ1n) is 8.10. The van der Waals surface area contributed by atoms with E-state index in [0.29, 0.717) is 12.3 Å². The number of carbonyl (C=O) groups is 1. The lowest BCUT2D eigenvalue weighted by molar-refractivity contribution is 0.0988. The van der Waals surface area contributed by atoms with E-state index < -0.39 is 0 Å². The zero-order valence-corrected chi connectivity index (χ0v) is 14.7. The highest BCUT2D eigenvalue weighted by atomic mass is 16.1. The maximum atomic E-state index is 12.6. The standard InChI is InChI=1S/C21H28O/c1-20(2,3)17-12-16(18(14-17)21(4,5)6)13-19(22)15-10-8-7-9-11-15/h7-12,14,18H,13H2,1-6H3. The number of hydrogen-bond donors (Lipinski definition) is 0. The quantitative estimate of drug-likeness (QED) is 0.641. The lowest BCUT2D eigenvalue weighted by atomic mass is 9.76. The summed E-state index contributed by atoms with van der Waals surface area (Å²) in [4.78, 5) is 12.6. The van der Waals surface area contributed by atoms with Crippen molar-refractivity contribution < 1.29 is 4.79 Å². The fourth-order valence-electron chi connectivity index (χ4n) is 2.97. The molecule has 1 aromatic carbocycles. The average molecular weight is 296 g/mol. The van der Waals surface area contributed by atoms with E-state index >= 15 is 0 Å². The Kier molecular flexibility index (Phi) is 4.47. The molecule has 0 fully saturated rings. The van der Waals surface area contributed by atoms with Gasteiger partial charge in [0.25, 0.3) is 0 Å². The molecule has 0 saturated carbocycles. The molecule has 0 spiro atoms. The highest BCUT2D eigenvalue weighted by Gasteiger charge is 2.33. The van der Waals surface area contributed by atoms with Crippen LogP contribution in [0, 0.1) is 16.7 Å². The van der Waals surface area contributed by atoms with Gasteiger partial charge in [0.1, 0.15) is 0 Å². The molecule has 0 radical (unpaired) electrons. The summed E-state index contributed by atoms with van der Waals surface area (Å²) in [7, 11) is 0. The molecule has 1 unspecified atom stereocenters. The van der Waals surface area contributed by atoms with Crippen molar-refractivity contribution in [2.45, 2.75) is 48.0 Å². The van der Waals surface area contributed by atoms with Gasteiger partial charge in [-0.05, 0) is 16.4 Å². The van der Waals surface area contributed by atoms with E-state index in [1.165, 1.54) is 11.1 Å².